The van der Waals surface area contributed by atoms with Crippen LogP contribution in [-0.2, 0) is 12.7 Å². The minimum absolute atomic E-state index is 0.128. The maximum absolute atomic E-state index is 13.8. The molecule has 1 amide bonds. The highest BCUT2D eigenvalue weighted by molar-refractivity contribution is 6.05. The number of alkyl halides is 3. The van der Waals surface area contributed by atoms with Gasteiger partial charge < -0.3 is 15.5 Å². The molecule has 2 N–H and O–H groups in total. The van der Waals surface area contributed by atoms with Gasteiger partial charge in [-0.25, -0.2) is 0 Å². The predicted molar refractivity (Wildman–Crippen MR) is 122 cm³/mol. The number of likely N-dealkylation sites (N-methyl/N-ethyl adjacent to an activating group) is 1. The van der Waals surface area contributed by atoms with Crippen LogP contribution in [0.5, 0.6) is 0 Å². The average molecular weight is 449 g/mol. The predicted octanol–water partition coefficient (Wildman–Crippen LogP) is 4.83. The van der Waals surface area contributed by atoms with Crippen LogP contribution in [0, 0.1) is 6.92 Å². The number of anilines is 2. The van der Waals surface area contributed by atoms with Gasteiger partial charge in [0.05, 0.1) is 5.56 Å². The molecule has 0 spiro atoms. The van der Waals surface area contributed by atoms with Gasteiger partial charge in [0.15, 0.2) is 0 Å². The minimum atomic E-state index is -4.50. The number of piperazine rings is 1. The lowest BCUT2D eigenvalue weighted by atomic mass is 10.0. The molecular formula is C24H31F3N4O. The molecule has 0 unspecified atom stereocenters. The molecule has 1 heterocycles. The number of amides is 1. The summed E-state index contributed by atoms with van der Waals surface area (Å²) in [6.45, 7) is 9.28. The highest BCUT2D eigenvalue weighted by atomic mass is 19.4. The molecule has 5 nitrogen and oxygen atoms in total. The highest BCUT2D eigenvalue weighted by Crippen LogP contribution is 2.34. The van der Waals surface area contributed by atoms with Gasteiger partial charge in [-0.15, -0.1) is 0 Å². The Bertz CT molecular complexity index is 951. The highest BCUT2D eigenvalue weighted by Gasteiger charge is 2.34. The summed E-state index contributed by atoms with van der Waals surface area (Å²) < 4.78 is 41.3. The van der Waals surface area contributed by atoms with E-state index < -0.39 is 17.6 Å². The SMILES string of the molecule is Cc1ccc(C(=O)Nc2ccc(CN3CCN(C)CC3)c(C(F)(F)F)c2)cc1NC(C)C. The van der Waals surface area contributed by atoms with E-state index in [1.807, 2.05) is 38.8 Å². The van der Waals surface area contributed by atoms with E-state index in [4.69, 9.17) is 0 Å². The maximum atomic E-state index is 13.8. The molecule has 2 aromatic carbocycles. The lowest BCUT2D eigenvalue weighted by Crippen LogP contribution is -2.44. The van der Waals surface area contributed by atoms with Crippen LogP contribution in [0.25, 0.3) is 0 Å². The molecule has 174 valence electrons. The summed E-state index contributed by atoms with van der Waals surface area (Å²) in [4.78, 5) is 16.9. The van der Waals surface area contributed by atoms with Crippen molar-refractivity contribution in [1.82, 2.24) is 9.80 Å². The number of halogens is 3. The molecule has 0 bridgehead atoms. The van der Waals surface area contributed by atoms with Crippen molar-refractivity contribution in [2.45, 2.75) is 39.5 Å². The summed E-state index contributed by atoms with van der Waals surface area (Å²) in [6, 6.07) is 9.44. The van der Waals surface area contributed by atoms with Crippen LogP contribution < -0.4 is 10.6 Å². The molecule has 0 atom stereocenters. The van der Waals surface area contributed by atoms with E-state index in [9.17, 15) is 18.0 Å². The second-order valence-corrected chi connectivity index (χ2v) is 8.73. The number of nitrogens with zero attached hydrogens (tertiary/aromatic N) is 2. The fraction of sp³-hybridized carbons (Fsp3) is 0.458. The molecule has 1 aliphatic rings. The van der Waals surface area contributed by atoms with Crippen molar-refractivity contribution < 1.29 is 18.0 Å². The first-order valence-corrected chi connectivity index (χ1v) is 10.8. The zero-order valence-corrected chi connectivity index (χ0v) is 19.0. The van der Waals surface area contributed by atoms with Crippen LogP contribution in [0.1, 0.15) is 40.9 Å². The van der Waals surface area contributed by atoms with Gasteiger partial charge >= 0.3 is 6.18 Å². The van der Waals surface area contributed by atoms with Crippen molar-refractivity contribution in [2.24, 2.45) is 0 Å². The molecule has 1 saturated heterocycles. The van der Waals surface area contributed by atoms with E-state index >= 15 is 0 Å². The first-order chi connectivity index (χ1) is 15.0. The summed E-state index contributed by atoms with van der Waals surface area (Å²) in [5.74, 6) is -0.447. The van der Waals surface area contributed by atoms with Crippen molar-refractivity contribution >= 4 is 17.3 Å². The summed E-state index contributed by atoms with van der Waals surface area (Å²) >= 11 is 0. The van der Waals surface area contributed by atoms with Crippen LogP contribution in [0.3, 0.4) is 0 Å². The van der Waals surface area contributed by atoms with E-state index in [2.05, 4.69) is 15.5 Å². The third kappa shape index (κ3) is 6.23. The fourth-order valence-electron chi connectivity index (χ4n) is 3.74. The number of hydrogen-bond acceptors (Lipinski definition) is 4. The Balaban J connectivity index is 1.79. The van der Waals surface area contributed by atoms with Gasteiger partial charge in [0.1, 0.15) is 0 Å². The van der Waals surface area contributed by atoms with Gasteiger partial charge in [-0.3, -0.25) is 9.69 Å². The molecule has 0 radical (unpaired) electrons. The summed E-state index contributed by atoms with van der Waals surface area (Å²) in [5.41, 5.74) is 1.84. The topological polar surface area (TPSA) is 47.6 Å². The molecule has 8 heteroatoms. The van der Waals surface area contributed by atoms with Crippen LogP contribution >= 0.6 is 0 Å². The standard InChI is InChI=1S/C24H31F3N4O/c1-16(2)28-22-13-18(6-5-17(22)3)23(32)29-20-8-7-19(21(14-20)24(25,26)27)15-31-11-9-30(4)10-12-31/h5-8,13-14,16,28H,9-12,15H2,1-4H3,(H,29,32). The Kier molecular flexibility index (Phi) is 7.46. The van der Waals surface area contributed by atoms with Crippen LogP contribution in [0.2, 0.25) is 0 Å². The fourth-order valence-corrected chi connectivity index (χ4v) is 3.74. The van der Waals surface area contributed by atoms with E-state index in [1.54, 1.807) is 18.2 Å². The lowest BCUT2D eigenvalue weighted by molar-refractivity contribution is -0.138. The summed E-state index contributed by atoms with van der Waals surface area (Å²) in [7, 11) is 2.01. The van der Waals surface area contributed by atoms with Gasteiger partial charge in [0, 0.05) is 55.7 Å². The van der Waals surface area contributed by atoms with E-state index in [0.717, 1.165) is 43.5 Å². The number of benzene rings is 2. The van der Waals surface area contributed by atoms with E-state index in [1.165, 1.54) is 6.07 Å². The second-order valence-electron chi connectivity index (χ2n) is 8.73. The van der Waals surface area contributed by atoms with Gasteiger partial charge in [-0.2, -0.15) is 13.2 Å². The van der Waals surface area contributed by atoms with Crippen molar-refractivity contribution in [2.75, 3.05) is 43.9 Å². The summed E-state index contributed by atoms with van der Waals surface area (Å²) in [5, 5.41) is 5.89. The number of hydrogen-bond donors (Lipinski definition) is 2. The molecule has 0 aromatic heterocycles. The monoisotopic (exact) mass is 448 g/mol. The number of carbonyl (C=O) groups excluding carboxylic acids is 1. The molecule has 3 rings (SSSR count). The molecule has 0 aliphatic carbocycles. The Morgan fingerprint density at radius 3 is 2.38 bits per heavy atom. The Morgan fingerprint density at radius 2 is 1.75 bits per heavy atom. The normalized spacial score (nSPS) is 15.8. The molecule has 1 fully saturated rings. The first kappa shape index (κ1) is 24.1. The largest absolute Gasteiger partial charge is 0.416 e. The Morgan fingerprint density at radius 1 is 1.06 bits per heavy atom. The summed E-state index contributed by atoms with van der Waals surface area (Å²) in [6.07, 6.45) is -4.50. The van der Waals surface area contributed by atoms with E-state index in [-0.39, 0.29) is 23.8 Å². The Hall–Kier alpha value is -2.58. The van der Waals surface area contributed by atoms with Crippen LogP contribution in [-0.4, -0.2) is 55.0 Å². The second kappa shape index (κ2) is 9.92. The van der Waals surface area contributed by atoms with Crippen molar-refractivity contribution in [3.05, 3.63) is 58.7 Å². The van der Waals surface area contributed by atoms with Gasteiger partial charge in [-0.05, 0) is 63.2 Å². The third-order valence-electron chi connectivity index (χ3n) is 5.61. The van der Waals surface area contributed by atoms with Gasteiger partial charge in [-0.1, -0.05) is 12.1 Å². The first-order valence-electron chi connectivity index (χ1n) is 10.8. The smallest absolute Gasteiger partial charge is 0.383 e. The Labute approximate surface area is 187 Å². The minimum Gasteiger partial charge on any atom is -0.383 e. The molecule has 32 heavy (non-hydrogen) atoms. The average Bonchev–Trinajstić information content (AvgIpc) is 2.71. The van der Waals surface area contributed by atoms with Gasteiger partial charge in [0.2, 0.25) is 0 Å². The number of carbonyl (C=O) groups is 1. The molecular weight excluding hydrogens is 417 g/mol. The zero-order chi connectivity index (χ0) is 23.5. The zero-order valence-electron chi connectivity index (χ0n) is 19.0. The van der Waals surface area contributed by atoms with Crippen LogP contribution in [0.4, 0.5) is 24.5 Å². The quantitative estimate of drug-likeness (QED) is 0.664. The number of aryl methyl sites for hydroxylation is 1. The number of rotatable bonds is 6. The number of nitrogens with one attached hydrogen (secondary N) is 2. The van der Waals surface area contributed by atoms with Crippen LogP contribution in [0.15, 0.2) is 36.4 Å². The van der Waals surface area contributed by atoms with Crippen molar-refractivity contribution in [1.29, 1.82) is 0 Å². The van der Waals surface area contributed by atoms with Gasteiger partial charge in [0.25, 0.3) is 5.91 Å². The molecule has 1 aliphatic heterocycles. The maximum Gasteiger partial charge on any atom is 0.416 e. The van der Waals surface area contributed by atoms with E-state index in [0.29, 0.717) is 5.56 Å². The molecule has 0 saturated carbocycles. The van der Waals surface area contributed by atoms with Crippen molar-refractivity contribution in [3.63, 3.8) is 0 Å². The third-order valence-corrected chi connectivity index (χ3v) is 5.61. The van der Waals surface area contributed by atoms with Crippen molar-refractivity contribution in [3.8, 4) is 0 Å². The lowest BCUT2D eigenvalue weighted by Gasteiger charge is -2.33. The molecule has 2 aromatic rings.